The predicted octanol–water partition coefficient (Wildman–Crippen LogP) is 2.24. The maximum atomic E-state index is 12.4. The van der Waals surface area contributed by atoms with Gasteiger partial charge in [0.2, 0.25) is 0 Å². The molecule has 0 amide bonds. The average Bonchev–Trinajstić information content (AvgIpc) is 3.15. The van der Waals surface area contributed by atoms with Crippen LogP contribution in [-0.4, -0.2) is 53.2 Å². The smallest absolute Gasteiger partial charge is 0.150 e. The second-order valence-electron chi connectivity index (χ2n) is 8.04. The summed E-state index contributed by atoms with van der Waals surface area (Å²) in [4.78, 5) is 12.1. The third kappa shape index (κ3) is 2.24. The summed E-state index contributed by atoms with van der Waals surface area (Å²) in [5, 5.41) is 1.07. The lowest BCUT2D eigenvalue weighted by Crippen LogP contribution is -2.69. The molecule has 0 saturated heterocycles. The van der Waals surface area contributed by atoms with Crippen LogP contribution in [0.25, 0.3) is 22.1 Å². The zero-order valence-corrected chi connectivity index (χ0v) is 15.6. The number of imidazole rings is 1. The molecule has 0 aromatic carbocycles. The third-order valence-electron chi connectivity index (χ3n) is 6.05. The van der Waals surface area contributed by atoms with E-state index in [1.165, 1.54) is 0 Å². The Balaban J connectivity index is 1.38. The normalized spacial score (nSPS) is 27.6. The zero-order valence-electron chi connectivity index (χ0n) is 14.7. The Morgan fingerprint density at radius 3 is 2.88 bits per heavy atom. The molecule has 0 spiro atoms. The van der Waals surface area contributed by atoms with Gasteiger partial charge in [-0.25, -0.2) is 18.4 Å². The molecule has 2 bridgehead atoms. The van der Waals surface area contributed by atoms with Crippen molar-refractivity contribution in [1.82, 2.24) is 19.5 Å². The summed E-state index contributed by atoms with van der Waals surface area (Å²) >= 11 is 0. The SMILES string of the molecule is COCCCS(=O)(=O)CC12CC(n3cnc4cnc5[nH]ccc5c43)(C1)C2. The molecule has 3 heterocycles. The van der Waals surface area contributed by atoms with Gasteiger partial charge in [0.15, 0.2) is 9.84 Å². The molecular weight excluding hydrogens is 352 g/mol. The summed E-state index contributed by atoms with van der Waals surface area (Å²) in [7, 11) is -1.42. The van der Waals surface area contributed by atoms with Crippen molar-refractivity contribution in [2.75, 3.05) is 25.2 Å². The van der Waals surface area contributed by atoms with Gasteiger partial charge in [0.1, 0.15) is 11.2 Å². The molecule has 0 atom stereocenters. The van der Waals surface area contributed by atoms with E-state index in [1.807, 2.05) is 18.6 Å². The molecular formula is C18H22N4O3S. The Bertz CT molecular complexity index is 1080. The largest absolute Gasteiger partial charge is 0.385 e. The Kier molecular flexibility index (Phi) is 3.31. The van der Waals surface area contributed by atoms with Crippen LogP contribution >= 0.6 is 0 Å². The molecule has 6 rings (SSSR count). The highest BCUT2D eigenvalue weighted by molar-refractivity contribution is 7.91. The van der Waals surface area contributed by atoms with E-state index in [0.717, 1.165) is 41.3 Å². The molecule has 3 aliphatic carbocycles. The molecule has 1 N–H and O–H groups in total. The second kappa shape index (κ2) is 5.29. The van der Waals surface area contributed by atoms with E-state index in [2.05, 4.69) is 19.5 Å². The summed E-state index contributed by atoms with van der Waals surface area (Å²) in [5.74, 6) is 0.526. The summed E-state index contributed by atoms with van der Waals surface area (Å²) in [6.07, 6.45) is 8.92. The van der Waals surface area contributed by atoms with E-state index in [0.29, 0.717) is 18.8 Å². The molecule has 138 valence electrons. The van der Waals surface area contributed by atoms with Crippen LogP contribution in [0.3, 0.4) is 0 Å². The highest BCUT2D eigenvalue weighted by Gasteiger charge is 2.69. The van der Waals surface area contributed by atoms with E-state index in [4.69, 9.17) is 4.74 Å². The lowest BCUT2D eigenvalue weighted by Gasteiger charge is -2.71. The summed E-state index contributed by atoms with van der Waals surface area (Å²) in [6.45, 7) is 0.498. The molecule has 3 aromatic heterocycles. The first-order valence-corrected chi connectivity index (χ1v) is 10.8. The number of nitrogens with zero attached hydrogens (tertiary/aromatic N) is 3. The Morgan fingerprint density at radius 1 is 1.31 bits per heavy atom. The number of ether oxygens (including phenoxy) is 1. The van der Waals surface area contributed by atoms with Crippen LogP contribution in [0.4, 0.5) is 0 Å². The maximum absolute atomic E-state index is 12.4. The summed E-state index contributed by atoms with van der Waals surface area (Å²) in [6, 6.07) is 2.03. The molecule has 8 heteroatoms. The number of methoxy groups -OCH3 is 1. The minimum atomic E-state index is -3.02. The van der Waals surface area contributed by atoms with Gasteiger partial charge in [0.05, 0.1) is 29.5 Å². The number of aromatic amines is 1. The van der Waals surface area contributed by atoms with E-state index in [9.17, 15) is 8.42 Å². The van der Waals surface area contributed by atoms with Crippen LogP contribution in [0.5, 0.6) is 0 Å². The topological polar surface area (TPSA) is 89.9 Å². The highest BCUT2D eigenvalue weighted by atomic mass is 32.2. The number of aromatic nitrogens is 4. The van der Waals surface area contributed by atoms with E-state index in [1.54, 1.807) is 13.3 Å². The molecule has 3 fully saturated rings. The molecule has 3 aliphatic rings. The number of H-pyrrole nitrogens is 1. The van der Waals surface area contributed by atoms with Crippen molar-refractivity contribution in [1.29, 1.82) is 0 Å². The first-order valence-electron chi connectivity index (χ1n) is 8.95. The molecule has 3 aromatic rings. The van der Waals surface area contributed by atoms with Gasteiger partial charge < -0.3 is 14.3 Å². The second-order valence-corrected chi connectivity index (χ2v) is 10.2. The Labute approximate surface area is 151 Å². The molecule has 0 unspecified atom stereocenters. The van der Waals surface area contributed by atoms with Crippen molar-refractivity contribution >= 4 is 31.9 Å². The molecule has 3 saturated carbocycles. The molecule has 0 aliphatic heterocycles. The van der Waals surface area contributed by atoms with E-state index in [-0.39, 0.29) is 16.7 Å². The van der Waals surface area contributed by atoms with Gasteiger partial charge in [-0.2, -0.15) is 0 Å². The number of nitrogens with one attached hydrogen (secondary N) is 1. The van der Waals surface area contributed by atoms with Gasteiger partial charge in [-0.15, -0.1) is 0 Å². The van der Waals surface area contributed by atoms with Crippen LogP contribution in [0.2, 0.25) is 0 Å². The van der Waals surface area contributed by atoms with Gasteiger partial charge in [0.25, 0.3) is 0 Å². The van der Waals surface area contributed by atoms with Crippen LogP contribution < -0.4 is 0 Å². The van der Waals surface area contributed by atoms with Gasteiger partial charge in [-0.05, 0) is 37.2 Å². The Morgan fingerprint density at radius 2 is 2.12 bits per heavy atom. The monoisotopic (exact) mass is 374 g/mol. The summed E-state index contributed by atoms with van der Waals surface area (Å²) in [5.41, 5.74) is 2.85. The standard InChI is InChI=1S/C18H22N4O3S/c1-25-5-2-6-26(23,24)11-17-8-18(9-17,10-17)22-12-21-14-7-20-16-13(15(14)22)3-4-19-16/h3-4,7,12H,2,5-6,8-11H2,1H3,(H,19,20). The summed E-state index contributed by atoms with van der Waals surface area (Å²) < 4.78 is 32.0. The quantitative estimate of drug-likeness (QED) is 0.641. The van der Waals surface area contributed by atoms with Crippen molar-refractivity contribution < 1.29 is 13.2 Å². The third-order valence-corrected chi connectivity index (χ3v) is 8.01. The highest BCUT2D eigenvalue weighted by Crippen LogP contribution is 2.72. The minimum absolute atomic E-state index is 0.0301. The number of hydrogen-bond acceptors (Lipinski definition) is 5. The van der Waals surface area contributed by atoms with Crippen molar-refractivity contribution in [3.63, 3.8) is 0 Å². The van der Waals surface area contributed by atoms with Crippen molar-refractivity contribution in [2.45, 2.75) is 31.2 Å². The minimum Gasteiger partial charge on any atom is -0.385 e. The number of rotatable bonds is 7. The number of hydrogen-bond donors (Lipinski definition) is 1. The van der Waals surface area contributed by atoms with Gasteiger partial charge >= 0.3 is 0 Å². The fraction of sp³-hybridized carbons (Fsp3) is 0.556. The van der Waals surface area contributed by atoms with Crippen LogP contribution in [-0.2, 0) is 20.1 Å². The average molecular weight is 374 g/mol. The Hall–Kier alpha value is -1.93. The van der Waals surface area contributed by atoms with Crippen molar-refractivity contribution in [3.8, 4) is 0 Å². The lowest BCUT2D eigenvalue weighted by atomic mass is 9.40. The van der Waals surface area contributed by atoms with Gasteiger partial charge in [-0.1, -0.05) is 0 Å². The van der Waals surface area contributed by atoms with Crippen molar-refractivity contribution in [3.05, 3.63) is 24.8 Å². The fourth-order valence-corrected chi connectivity index (χ4v) is 7.12. The first kappa shape index (κ1) is 16.3. The van der Waals surface area contributed by atoms with Crippen molar-refractivity contribution in [2.24, 2.45) is 5.41 Å². The lowest BCUT2D eigenvalue weighted by molar-refractivity contribution is -0.168. The van der Waals surface area contributed by atoms with Crippen LogP contribution in [0, 0.1) is 5.41 Å². The molecule has 26 heavy (non-hydrogen) atoms. The zero-order chi connectivity index (χ0) is 18.0. The van der Waals surface area contributed by atoms with E-state index >= 15 is 0 Å². The fourth-order valence-electron chi connectivity index (χ4n) is 5.18. The van der Waals surface area contributed by atoms with Gasteiger partial charge in [0, 0.05) is 30.8 Å². The number of fused-ring (bicyclic) bond motifs is 3. The van der Waals surface area contributed by atoms with Crippen LogP contribution in [0.15, 0.2) is 24.8 Å². The molecule has 0 radical (unpaired) electrons. The number of pyridine rings is 1. The first-order chi connectivity index (χ1) is 12.5. The van der Waals surface area contributed by atoms with Gasteiger partial charge in [-0.3, -0.25) is 0 Å². The molecule has 7 nitrogen and oxygen atoms in total. The maximum Gasteiger partial charge on any atom is 0.150 e. The van der Waals surface area contributed by atoms with E-state index < -0.39 is 9.84 Å². The van der Waals surface area contributed by atoms with Crippen LogP contribution in [0.1, 0.15) is 25.7 Å². The predicted molar refractivity (Wildman–Crippen MR) is 98.8 cm³/mol. The number of sulfone groups is 1.